The predicted molar refractivity (Wildman–Crippen MR) is 52.6 cm³/mol. The van der Waals surface area contributed by atoms with Crippen LogP contribution in [0.25, 0.3) is 0 Å². The van der Waals surface area contributed by atoms with Crippen LogP contribution >= 0.6 is 0 Å². The van der Waals surface area contributed by atoms with Crippen LogP contribution in [0, 0.1) is 17.8 Å². The van der Waals surface area contributed by atoms with Crippen LogP contribution in [0.1, 0.15) is 40.5 Å². The van der Waals surface area contributed by atoms with E-state index in [0.717, 1.165) is 24.2 Å². The van der Waals surface area contributed by atoms with Gasteiger partial charge in [-0.05, 0) is 30.6 Å². The van der Waals surface area contributed by atoms with E-state index in [4.69, 9.17) is 0 Å². The Bertz CT molecular complexity index is 103. The summed E-state index contributed by atoms with van der Waals surface area (Å²) in [6, 6.07) is 0. The molecule has 2 atom stereocenters. The lowest BCUT2D eigenvalue weighted by atomic mass is 9.84. The lowest BCUT2D eigenvalue weighted by molar-refractivity contribution is 0.283. The van der Waals surface area contributed by atoms with Gasteiger partial charge >= 0.3 is 0 Å². The van der Waals surface area contributed by atoms with Gasteiger partial charge in [0.25, 0.3) is 0 Å². The van der Waals surface area contributed by atoms with Gasteiger partial charge < -0.3 is 0 Å². The third kappa shape index (κ3) is 4.23. The summed E-state index contributed by atoms with van der Waals surface area (Å²) < 4.78 is 0. The van der Waals surface area contributed by atoms with Crippen LogP contribution in [-0.4, -0.2) is 0 Å². The Morgan fingerprint density at radius 2 is 1.73 bits per heavy atom. The first-order chi connectivity index (χ1) is 5.09. The van der Waals surface area contributed by atoms with Gasteiger partial charge in [-0.15, -0.1) is 6.58 Å². The minimum absolute atomic E-state index is 0.815. The molecule has 0 saturated heterocycles. The molecule has 0 nitrogen and oxygen atoms in total. The van der Waals surface area contributed by atoms with Crippen molar-refractivity contribution in [2.24, 2.45) is 17.8 Å². The van der Waals surface area contributed by atoms with Crippen LogP contribution in [0.4, 0.5) is 0 Å². The Morgan fingerprint density at radius 1 is 1.18 bits per heavy atom. The Labute approximate surface area is 71.7 Å². The third-order valence-electron chi connectivity index (χ3n) is 2.78. The summed E-state index contributed by atoms with van der Waals surface area (Å²) in [5.41, 5.74) is 0. The Hall–Kier alpha value is -0.260. The Balaban J connectivity index is 3.63. The predicted octanol–water partition coefficient (Wildman–Crippen LogP) is 3.88. The molecule has 2 unspecified atom stereocenters. The molecule has 0 aliphatic heterocycles. The number of hydrogen-bond donors (Lipinski definition) is 0. The van der Waals surface area contributed by atoms with Gasteiger partial charge in [-0.1, -0.05) is 33.8 Å². The van der Waals surface area contributed by atoms with E-state index < -0.39 is 0 Å². The van der Waals surface area contributed by atoms with Crippen LogP contribution in [0.3, 0.4) is 0 Å². The minimum atomic E-state index is 0.815. The molecule has 0 fully saturated rings. The van der Waals surface area contributed by atoms with Crippen molar-refractivity contribution in [3.63, 3.8) is 0 Å². The van der Waals surface area contributed by atoms with E-state index in [0.29, 0.717) is 0 Å². The molecule has 0 radical (unpaired) electrons. The monoisotopic (exact) mass is 154 g/mol. The van der Waals surface area contributed by atoms with Crippen molar-refractivity contribution in [1.29, 1.82) is 0 Å². The van der Waals surface area contributed by atoms with Crippen LogP contribution in [-0.2, 0) is 0 Å². The van der Waals surface area contributed by atoms with E-state index in [-0.39, 0.29) is 0 Å². The smallest absolute Gasteiger partial charge is 0.0351 e. The third-order valence-corrected chi connectivity index (χ3v) is 2.78. The molecule has 0 heteroatoms. The first kappa shape index (κ1) is 10.7. The highest BCUT2D eigenvalue weighted by molar-refractivity contribution is 4.71. The maximum atomic E-state index is 3.74. The summed E-state index contributed by atoms with van der Waals surface area (Å²) in [4.78, 5) is 0. The van der Waals surface area contributed by atoms with Crippen LogP contribution < -0.4 is 0 Å². The lowest BCUT2D eigenvalue weighted by Crippen LogP contribution is -2.13. The largest absolute Gasteiger partial charge is 0.103 e. The van der Waals surface area contributed by atoms with Gasteiger partial charge in [0.15, 0.2) is 0 Å². The zero-order valence-corrected chi connectivity index (χ0v) is 8.43. The Kier molecular flexibility index (Phi) is 5.27. The zero-order chi connectivity index (χ0) is 8.85. The topological polar surface area (TPSA) is 0 Å². The highest BCUT2D eigenvalue weighted by atomic mass is 14.2. The highest BCUT2D eigenvalue weighted by Gasteiger charge is 2.14. The van der Waals surface area contributed by atoms with Crippen LogP contribution in [0.15, 0.2) is 12.7 Å². The second kappa shape index (κ2) is 5.40. The lowest BCUT2D eigenvalue weighted by Gasteiger charge is -2.22. The fourth-order valence-electron chi connectivity index (χ4n) is 1.30. The quantitative estimate of drug-likeness (QED) is 0.527. The SMILES string of the molecule is C=CCCC(C)C(C)C(C)C. The van der Waals surface area contributed by atoms with Gasteiger partial charge in [0.05, 0.1) is 0 Å². The summed E-state index contributed by atoms with van der Waals surface area (Å²) in [6.45, 7) is 13.0. The fraction of sp³-hybridized carbons (Fsp3) is 0.818. The van der Waals surface area contributed by atoms with Gasteiger partial charge in [-0.25, -0.2) is 0 Å². The van der Waals surface area contributed by atoms with Crippen molar-refractivity contribution < 1.29 is 0 Å². The van der Waals surface area contributed by atoms with Crippen LogP contribution in [0.5, 0.6) is 0 Å². The van der Waals surface area contributed by atoms with E-state index >= 15 is 0 Å². The molecule has 0 aliphatic carbocycles. The van der Waals surface area contributed by atoms with Crippen molar-refractivity contribution in [3.05, 3.63) is 12.7 Å². The van der Waals surface area contributed by atoms with Gasteiger partial charge in [0.1, 0.15) is 0 Å². The van der Waals surface area contributed by atoms with Gasteiger partial charge in [0.2, 0.25) is 0 Å². The van der Waals surface area contributed by atoms with E-state index in [2.05, 4.69) is 34.3 Å². The molecule has 0 aromatic carbocycles. The molecule has 0 saturated carbocycles. The molecule has 11 heavy (non-hydrogen) atoms. The summed E-state index contributed by atoms with van der Waals surface area (Å²) in [5, 5.41) is 0. The van der Waals surface area contributed by atoms with E-state index in [1.807, 2.05) is 6.08 Å². The molecule has 0 N–H and O–H groups in total. The van der Waals surface area contributed by atoms with E-state index in [1.165, 1.54) is 6.42 Å². The minimum Gasteiger partial charge on any atom is -0.103 e. The zero-order valence-electron chi connectivity index (χ0n) is 8.43. The molecular weight excluding hydrogens is 132 g/mol. The second-order valence-electron chi connectivity index (χ2n) is 3.95. The first-order valence-corrected chi connectivity index (χ1v) is 4.70. The second-order valence-corrected chi connectivity index (χ2v) is 3.95. The highest BCUT2D eigenvalue weighted by Crippen LogP contribution is 2.23. The van der Waals surface area contributed by atoms with Crippen LogP contribution in [0.2, 0.25) is 0 Å². The summed E-state index contributed by atoms with van der Waals surface area (Å²) in [7, 11) is 0. The van der Waals surface area contributed by atoms with Crippen molar-refractivity contribution >= 4 is 0 Å². The molecule has 0 spiro atoms. The summed E-state index contributed by atoms with van der Waals surface area (Å²) >= 11 is 0. The molecule has 0 aromatic heterocycles. The maximum Gasteiger partial charge on any atom is -0.0351 e. The van der Waals surface area contributed by atoms with E-state index in [9.17, 15) is 0 Å². The van der Waals surface area contributed by atoms with Crippen molar-refractivity contribution in [2.45, 2.75) is 40.5 Å². The van der Waals surface area contributed by atoms with Gasteiger partial charge in [-0.2, -0.15) is 0 Å². The molecule has 0 rings (SSSR count). The maximum absolute atomic E-state index is 3.74. The normalized spacial score (nSPS) is 16.5. The van der Waals surface area contributed by atoms with Crippen molar-refractivity contribution in [1.82, 2.24) is 0 Å². The van der Waals surface area contributed by atoms with Gasteiger partial charge in [0, 0.05) is 0 Å². The average Bonchev–Trinajstić information content (AvgIpc) is 1.98. The first-order valence-electron chi connectivity index (χ1n) is 4.70. The van der Waals surface area contributed by atoms with Gasteiger partial charge in [-0.3, -0.25) is 0 Å². The molecule has 0 aromatic rings. The molecule has 66 valence electrons. The molecule has 0 heterocycles. The van der Waals surface area contributed by atoms with Crippen molar-refractivity contribution in [3.8, 4) is 0 Å². The number of hydrogen-bond acceptors (Lipinski definition) is 0. The Morgan fingerprint density at radius 3 is 2.09 bits per heavy atom. The molecule has 0 bridgehead atoms. The fourth-order valence-corrected chi connectivity index (χ4v) is 1.30. The number of rotatable bonds is 5. The molecule has 0 amide bonds. The molecular formula is C11H22. The molecule has 0 aliphatic rings. The summed E-state index contributed by atoms with van der Waals surface area (Å²) in [5.74, 6) is 2.50. The standard InChI is InChI=1S/C11H22/c1-6-7-8-10(4)11(5)9(2)3/h6,9-11H,1,7-8H2,2-5H3. The van der Waals surface area contributed by atoms with E-state index in [1.54, 1.807) is 0 Å². The summed E-state index contributed by atoms with van der Waals surface area (Å²) in [6.07, 6.45) is 4.48. The number of allylic oxidation sites excluding steroid dienone is 1. The van der Waals surface area contributed by atoms with Crippen molar-refractivity contribution in [2.75, 3.05) is 0 Å². The average molecular weight is 154 g/mol.